The average molecular weight is 271 g/mol. The Kier molecular flexibility index (Phi) is 4.75. The van der Waals surface area contributed by atoms with Crippen molar-refractivity contribution >= 4 is 11.7 Å². The fraction of sp³-hybridized carbons (Fsp3) is 0.333. The van der Waals surface area contributed by atoms with Crippen molar-refractivity contribution in [2.24, 2.45) is 0 Å². The highest BCUT2D eigenvalue weighted by Gasteiger charge is 2.33. The van der Waals surface area contributed by atoms with E-state index >= 15 is 0 Å². The number of benzene rings is 1. The van der Waals surface area contributed by atoms with Gasteiger partial charge in [0.05, 0.1) is 17.3 Å². The number of rotatable bonds is 3. The van der Waals surface area contributed by atoms with Crippen molar-refractivity contribution in [1.82, 2.24) is 4.90 Å². The minimum atomic E-state index is -4.55. The van der Waals surface area contributed by atoms with E-state index in [4.69, 9.17) is 5.26 Å². The molecule has 1 N–H and O–H groups in total. The smallest absolute Gasteiger partial charge is 0.311 e. The van der Waals surface area contributed by atoms with Crippen LogP contribution in [-0.4, -0.2) is 24.0 Å². The molecule has 2 amide bonds. The maximum atomic E-state index is 12.7. The van der Waals surface area contributed by atoms with Crippen LogP contribution in [-0.2, 0) is 6.18 Å². The van der Waals surface area contributed by atoms with Crippen molar-refractivity contribution in [3.8, 4) is 6.07 Å². The second-order valence-electron chi connectivity index (χ2n) is 3.65. The molecule has 0 saturated carbocycles. The van der Waals surface area contributed by atoms with E-state index in [1.165, 1.54) is 18.2 Å². The number of anilines is 1. The Labute approximate surface area is 108 Å². The molecule has 0 bridgehead atoms. The lowest BCUT2D eigenvalue weighted by atomic mass is 10.1. The van der Waals surface area contributed by atoms with Crippen LogP contribution in [0.5, 0.6) is 0 Å². The zero-order valence-electron chi connectivity index (χ0n) is 10.2. The highest BCUT2D eigenvalue weighted by Crippen LogP contribution is 2.34. The summed E-state index contributed by atoms with van der Waals surface area (Å²) in [4.78, 5) is 12.8. The molecule has 0 atom stereocenters. The van der Waals surface area contributed by atoms with E-state index in [9.17, 15) is 18.0 Å². The zero-order valence-corrected chi connectivity index (χ0v) is 10.2. The van der Waals surface area contributed by atoms with Crippen molar-refractivity contribution in [3.05, 3.63) is 29.8 Å². The third kappa shape index (κ3) is 3.88. The van der Waals surface area contributed by atoms with E-state index in [1.807, 2.05) is 0 Å². The van der Waals surface area contributed by atoms with Crippen LogP contribution in [0.4, 0.5) is 23.7 Å². The predicted octanol–water partition coefficient (Wildman–Crippen LogP) is 3.08. The van der Waals surface area contributed by atoms with Crippen LogP contribution >= 0.6 is 0 Å². The van der Waals surface area contributed by atoms with Gasteiger partial charge in [-0.3, -0.25) is 0 Å². The van der Waals surface area contributed by atoms with Crippen molar-refractivity contribution in [2.75, 3.05) is 18.4 Å². The summed E-state index contributed by atoms with van der Waals surface area (Å²) in [5.74, 6) is 0. The van der Waals surface area contributed by atoms with Crippen LogP contribution < -0.4 is 5.32 Å². The van der Waals surface area contributed by atoms with Gasteiger partial charge in [-0.1, -0.05) is 12.1 Å². The van der Waals surface area contributed by atoms with E-state index in [0.717, 1.165) is 11.0 Å². The molecule has 0 heterocycles. The molecule has 7 heteroatoms. The summed E-state index contributed by atoms with van der Waals surface area (Å²) < 4.78 is 38.1. The number of alkyl halides is 3. The maximum absolute atomic E-state index is 12.7. The van der Waals surface area contributed by atoms with Gasteiger partial charge in [0.1, 0.15) is 6.54 Å². The number of halogens is 3. The first-order chi connectivity index (χ1) is 8.90. The standard InChI is InChI=1S/C12H12F3N3O/c1-2-18(8-7-16)11(19)17-10-6-4-3-5-9(10)12(13,14)15/h3-6H,2,8H2,1H3,(H,17,19). The summed E-state index contributed by atoms with van der Waals surface area (Å²) in [6, 6.07) is 5.73. The normalized spacial score (nSPS) is 10.7. The summed E-state index contributed by atoms with van der Waals surface area (Å²) in [6.07, 6.45) is -4.55. The van der Waals surface area contributed by atoms with Crippen LogP contribution in [0.15, 0.2) is 24.3 Å². The third-order valence-electron chi connectivity index (χ3n) is 2.40. The van der Waals surface area contributed by atoms with E-state index in [0.29, 0.717) is 0 Å². The number of carbonyl (C=O) groups is 1. The van der Waals surface area contributed by atoms with E-state index in [-0.39, 0.29) is 18.8 Å². The molecule has 0 saturated heterocycles. The number of para-hydroxylation sites is 1. The van der Waals surface area contributed by atoms with Crippen LogP contribution in [0.1, 0.15) is 12.5 Å². The number of amides is 2. The van der Waals surface area contributed by atoms with Crippen LogP contribution in [0.2, 0.25) is 0 Å². The zero-order chi connectivity index (χ0) is 14.5. The number of nitrogens with zero attached hydrogens (tertiary/aromatic N) is 2. The molecule has 4 nitrogen and oxygen atoms in total. The number of carbonyl (C=O) groups excluding carboxylic acids is 1. The number of hydrogen-bond acceptors (Lipinski definition) is 2. The summed E-state index contributed by atoms with van der Waals surface area (Å²) in [5.41, 5.74) is -1.24. The molecule has 0 aliphatic carbocycles. The third-order valence-corrected chi connectivity index (χ3v) is 2.40. The summed E-state index contributed by atoms with van der Waals surface area (Å²) in [6.45, 7) is 1.68. The molecule has 0 aliphatic rings. The first kappa shape index (κ1) is 14.8. The Balaban J connectivity index is 2.94. The first-order valence-electron chi connectivity index (χ1n) is 5.49. The predicted molar refractivity (Wildman–Crippen MR) is 63.3 cm³/mol. The largest absolute Gasteiger partial charge is 0.418 e. The van der Waals surface area contributed by atoms with Gasteiger partial charge in [0.25, 0.3) is 0 Å². The van der Waals surface area contributed by atoms with Gasteiger partial charge in [0.2, 0.25) is 0 Å². The maximum Gasteiger partial charge on any atom is 0.418 e. The van der Waals surface area contributed by atoms with Gasteiger partial charge < -0.3 is 10.2 Å². The molecule has 1 rings (SSSR count). The molecule has 0 fully saturated rings. The lowest BCUT2D eigenvalue weighted by Crippen LogP contribution is -2.35. The molecular weight excluding hydrogens is 259 g/mol. The van der Waals surface area contributed by atoms with Gasteiger partial charge in [0.15, 0.2) is 0 Å². The van der Waals surface area contributed by atoms with Crippen molar-refractivity contribution in [1.29, 1.82) is 5.26 Å². The quantitative estimate of drug-likeness (QED) is 0.859. The molecule has 102 valence electrons. The molecule has 0 unspecified atom stereocenters. The highest BCUT2D eigenvalue weighted by molar-refractivity contribution is 5.90. The number of nitrogens with one attached hydrogen (secondary N) is 1. The molecule has 0 aliphatic heterocycles. The van der Waals surface area contributed by atoms with Crippen LogP contribution in [0.3, 0.4) is 0 Å². The molecule has 0 radical (unpaired) electrons. The van der Waals surface area contributed by atoms with Gasteiger partial charge in [-0.2, -0.15) is 18.4 Å². The Bertz CT molecular complexity index is 494. The van der Waals surface area contributed by atoms with E-state index in [2.05, 4.69) is 5.32 Å². The molecule has 1 aromatic carbocycles. The van der Waals surface area contributed by atoms with E-state index in [1.54, 1.807) is 13.0 Å². The Morgan fingerprint density at radius 2 is 2.05 bits per heavy atom. The first-order valence-corrected chi connectivity index (χ1v) is 5.49. The summed E-state index contributed by atoms with van der Waals surface area (Å²) in [7, 11) is 0. The summed E-state index contributed by atoms with van der Waals surface area (Å²) in [5, 5.41) is 10.7. The number of nitriles is 1. The van der Waals surface area contributed by atoms with Gasteiger partial charge in [-0.15, -0.1) is 0 Å². The lowest BCUT2D eigenvalue weighted by molar-refractivity contribution is -0.136. The molecule has 19 heavy (non-hydrogen) atoms. The molecule has 1 aromatic rings. The number of urea groups is 1. The SMILES string of the molecule is CCN(CC#N)C(=O)Nc1ccccc1C(F)(F)F. The average Bonchev–Trinajstić information content (AvgIpc) is 2.35. The Morgan fingerprint density at radius 1 is 1.42 bits per heavy atom. The molecular formula is C12H12F3N3O. The Hall–Kier alpha value is -2.23. The monoisotopic (exact) mass is 271 g/mol. The highest BCUT2D eigenvalue weighted by atomic mass is 19.4. The molecule has 0 spiro atoms. The fourth-order valence-electron chi connectivity index (χ4n) is 1.45. The second kappa shape index (κ2) is 6.09. The van der Waals surface area contributed by atoms with Crippen molar-refractivity contribution in [2.45, 2.75) is 13.1 Å². The molecule has 0 aromatic heterocycles. The van der Waals surface area contributed by atoms with Crippen molar-refractivity contribution in [3.63, 3.8) is 0 Å². The van der Waals surface area contributed by atoms with Gasteiger partial charge in [-0.05, 0) is 19.1 Å². The van der Waals surface area contributed by atoms with Gasteiger partial charge in [-0.25, -0.2) is 4.79 Å². The number of hydrogen-bond donors (Lipinski definition) is 1. The minimum Gasteiger partial charge on any atom is -0.311 e. The van der Waals surface area contributed by atoms with Gasteiger partial charge in [0, 0.05) is 6.54 Å². The second-order valence-corrected chi connectivity index (χ2v) is 3.65. The van der Waals surface area contributed by atoms with Gasteiger partial charge >= 0.3 is 12.2 Å². The summed E-state index contributed by atoms with van der Waals surface area (Å²) >= 11 is 0. The van der Waals surface area contributed by atoms with E-state index < -0.39 is 17.8 Å². The minimum absolute atomic E-state index is 0.184. The Morgan fingerprint density at radius 3 is 2.58 bits per heavy atom. The lowest BCUT2D eigenvalue weighted by Gasteiger charge is -2.20. The van der Waals surface area contributed by atoms with Crippen LogP contribution in [0.25, 0.3) is 0 Å². The topological polar surface area (TPSA) is 56.1 Å². The van der Waals surface area contributed by atoms with Crippen LogP contribution in [0, 0.1) is 11.3 Å². The van der Waals surface area contributed by atoms with Crippen molar-refractivity contribution < 1.29 is 18.0 Å². The fourth-order valence-corrected chi connectivity index (χ4v) is 1.45.